The van der Waals surface area contributed by atoms with Gasteiger partial charge in [-0.05, 0) is 65.2 Å². The summed E-state index contributed by atoms with van der Waals surface area (Å²) in [6, 6.07) is 2.71. The van der Waals surface area contributed by atoms with Crippen LogP contribution < -0.4 is 5.32 Å². The number of hydrogen-bond donors (Lipinski definition) is 1. The van der Waals surface area contributed by atoms with Crippen LogP contribution in [0.25, 0.3) is 0 Å². The second-order valence-electron chi connectivity index (χ2n) is 4.51. The fourth-order valence-electron chi connectivity index (χ4n) is 2.36. The third kappa shape index (κ3) is 4.05. The van der Waals surface area contributed by atoms with Crippen LogP contribution in [0.2, 0.25) is 0 Å². The van der Waals surface area contributed by atoms with Crippen LogP contribution in [0.4, 0.5) is 0 Å². The molecule has 1 fully saturated rings. The molecule has 2 nitrogen and oxygen atoms in total. The molecule has 17 heavy (non-hydrogen) atoms. The summed E-state index contributed by atoms with van der Waals surface area (Å²) in [5.41, 5.74) is 1.40. The maximum absolute atomic E-state index is 5.69. The minimum absolute atomic E-state index is 0.478. The number of thiophene rings is 1. The van der Waals surface area contributed by atoms with Gasteiger partial charge in [0.05, 0.1) is 9.89 Å². The molecule has 1 aromatic rings. The van der Waals surface area contributed by atoms with Crippen LogP contribution in [-0.2, 0) is 4.74 Å². The smallest absolute Gasteiger partial charge is 0.0701 e. The highest BCUT2D eigenvalue weighted by Crippen LogP contribution is 2.29. The maximum atomic E-state index is 5.69. The molecule has 96 valence electrons. The van der Waals surface area contributed by atoms with Crippen LogP contribution in [0.5, 0.6) is 0 Å². The van der Waals surface area contributed by atoms with E-state index in [1.165, 1.54) is 35.0 Å². The molecule has 4 heteroatoms. The first-order valence-electron chi connectivity index (χ1n) is 6.38. The van der Waals surface area contributed by atoms with Crippen LogP contribution in [0.3, 0.4) is 0 Å². The Bertz CT molecular complexity index is 336. The van der Waals surface area contributed by atoms with Crippen molar-refractivity contribution in [2.24, 2.45) is 0 Å². The van der Waals surface area contributed by atoms with Crippen molar-refractivity contribution < 1.29 is 4.74 Å². The Morgan fingerprint density at radius 3 is 3.12 bits per heavy atom. The number of nitrogens with one attached hydrogen (secondary N) is 1. The topological polar surface area (TPSA) is 21.3 Å². The Balaban J connectivity index is 1.87. The van der Waals surface area contributed by atoms with Gasteiger partial charge in [-0.15, -0.1) is 11.3 Å². The van der Waals surface area contributed by atoms with E-state index < -0.39 is 0 Å². The fourth-order valence-corrected chi connectivity index (χ4v) is 3.59. The molecule has 0 amide bonds. The zero-order chi connectivity index (χ0) is 12.1. The van der Waals surface area contributed by atoms with Gasteiger partial charge in [-0.25, -0.2) is 0 Å². The zero-order valence-corrected chi connectivity index (χ0v) is 12.6. The van der Waals surface area contributed by atoms with Crippen molar-refractivity contribution in [1.82, 2.24) is 5.32 Å². The van der Waals surface area contributed by atoms with Gasteiger partial charge in [0.25, 0.3) is 0 Å². The molecule has 0 radical (unpaired) electrons. The van der Waals surface area contributed by atoms with Gasteiger partial charge in [-0.2, -0.15) is 0 Å². The van der Waals surface area contributed by atoms with Gasteiger partial charge in [-0.1, -0.05) is 6.92 Å². The summed E-state index contributed by atoms with van der Waals surface area (Å²) in [6.07, 6.45) is 5.32. The van der Waals surface area contributed by atoms with E-state index in [0.29, 0.717) is 12.1 Å². The summed E-state index contributed by atoms with van der Waals surface area (Å²) in [5.74, 6) is 0. The van der Waals surface area contributed by atoms with Crippen molar-refractivity contribution in [1.29, 1.82) is 0 Å². The highest BCUT2D eigenvalue weighted by Gasteiger charge is 2.19. The van der Waals surface area contributed by atoms with Gasteiger partial charge >= 0.3 is 0 Å². The SMILES string of the molecule is CCNC(CCC1CCCO1)c1csc(Br)c1. The Morgan fingerprint density at radius 1 is 1.65 bits per heavy atom. The Morgan fingerprint density at radius 2 is 2.53 bits per heavy atom. The zero-order valence-electron chi connectivity index (χ0n) is 10.2. The first-order valence-corrected chi connectivity index (χ1v) is 8.05. The maximum Gasteiger partial charge on any atom is 0.0701 e. The van der Waals surface area contributed by atoms with E-state index in [9.17, 15) is 0 Å². The van der Waals surface area contributed by atoms with E-state index in [1.807, 2.05) is 0 Å². The molecule has 2 atom stereocenters. The average Bonchev–Trinajstić information content (AvgIpc) is 2.95. The van der Waals surface area contributed by atoms with Gasteiger partial charge < -0.3 is 10.1 Å². The molecule has 0 aromatic carbocycles. The number of halogens is 1. The highest BCUT2D eigenvalue weighted by molar-refractivity contribution is 9.11. The van der Waals surface area contributed by atoms with Crippen molar-refractivity contribution in [2.45, 2.75) is 44.8 Å². The van der Waals surface area contributed by atoms with Crippen molar-refractivity contribution in [3.63, 3.8) is 0 Å². The van der Waals surface area contributed by atoms with E-state index in [1.54, 1.807) is 11.3 Å². The van der Waals surface area contributed by atoms with Crippen molar-refractivity contribution in [2.75, 3.05) is 13.2 Å². The van der Waals surface area contributed by atoms with E-state index in [2.05, 4.69) is 39.6 Å². The molecule has 0 bridgehead atoms. The van der Waals surface area contributed by atoms with Crippen molar-refractivity contribution >= 4 is 27.3 Å². The van der Waals surface area contributed by atoms with E-state index in [-0.39, 0.29) is 0 Å². The molecule has 1 N–H and O–H groups in total. The monoisotopic (exact) mass is 317 g/mol. The molecule has 0 spiro atoms. The van der Waals surface area contributed by atoms with Crippen LogP contribution >= 0.6 is 27.3 Å². The molecule has 1 aliphatic heterocycles. The number of hydrogen-bond acceptors (Lipinski definition) is 3. The van der Waals surface area contributed by atoms with Crippen molar-refractivity contribution in [3.05, 3.63) is 20.8 Å². The predicted molar refractivity (Wildman–Crippen MR) is 76.6 cm³/mol. The number of ether oxygens (including phenoxy) is 1. The van der Waals surface area contributed by atoms with Crippen LogP contribution in [-0.4, -0.2) is 19.3 Å². The first-order chi connectivity index (χ1) is 8.29. The molecule has 1 saturated heterocycles. The second-order valence-corrected chi connectivity index (χ2v) is 6.80. The highest BCUT2D eigenvalue weighted by atomic mass is 79.9. The standard InChI is InChI=1S/C13H20BrNOS/c1-2-15-12(10-8-13(14)17-9-10)6-5-11-4-3-7-16-11/h8-9,11-12,15H,2-7H2,1H3. The van der Waals surface area contributed by atoms with Crippen LogP contribution in [0.15, 0.2) is 15.2 Å². The van der Waals surface area contributed by atoms with Gasteiger partial charge in [0.1, 0.15) is 0 Å². The lowest BCUT2D eigenvalue weighted by atomic mass is 10.0. The molecule has 0 aliphatic carbocycles. The van der Waals surface area contributed by atoms with Gasteiger partial charge in [0.15, 0.2) is 0 Å². The normalized spacial score (nSPS) is 21.9. The average molecular weight is 318 g/mol. The molecular weight excluding hydrogens is 298 g/mol. The molecule has 2 rings (SSSR count). The van der Waals surface area contributed by atoms with E-state index in [0.717, 1.165) is 13.2 Å². The summed E-state index contributed by atoms with van der Waals surface area (Å²) < 4.78 is 6.90. The minimum atomic E-state index is 0.478. The Labute approximate surface area is 116 Å². The second kappa shape index (κ2) is 6.88. The van der Waals surface area contributed by atoms with Gasteiger partial charge in [-0.3, -0.25) is 0 Å². The fraction of sp³-hybridized carbons (Fsp3) is 0.692. The Hall–Kier alpha value is 0.100. The molecule has 1 aliphatic rings. The first kappa shape index (κ1) is 13.5. The lowest BCUT2D eigenvalue weighted by Gasteiger charge is -2.18. The third-order valence-corrected chi connectivity index (χ3v) is 4.76. The molecular formula is C13H20BrNOS. The summed E-state index contributed by atoms with van der Waals surface area (Å²) >= 11 is 5.30. The Kier molecular flexibility index (Phi) is 5.48. The lowest BCUT2D eigenvalue weighted by molar-refractivity contribution is 0.0996. The number of rotatable bonds is 6. The molecule has 0 saturated carbocycles. The summed E-state index contributed by atoms with van der Waals surface area (Å²) in [6.45, 7) is 4.14. The largest absolute Gasteiger partial charge is 0.378 e. The third-order valence-electron chi connectivity index (χ3n) is 3.24. The lowest BCUT2D eigenvalue weighted by Crippen LogP contribution is -2.22. The molecule has 2 heterocycles. The summed E-state index contributed by atoms with van der Waals surface area (Å²) in [5, 5.41) is 5.81. The van der Waals surface area contributed by atoms with Crippen LogP contribution in [0, 0.1) is 0 Å². The van der Waals surface area contributed by atoms with Gasteiger partial charge in [0.2, 0.25) is 0 Å². The van der Waals surface area contributed by atoms with Crippen LogP contribution in [0.1, 0.15) is 44.2 Å². The predicted octanol–water partition coefficient (Wildman–Crippen LogP) is 4.12. The summed E-state index contributed by atoms with van der Waals surface area (Å²) in [4.78, 5) is 0. The van der Waals surface area contributed by atoms with E-state index >= 15 is 0 Å². The summed E-state index contributed by atoms with van der Waals surface area (Å²) in [7, 11) is 0. The molecule has 1 aromatic heterocycles. The van der Waals surface area contributed by atoms with Crippen molar-refractivity contribution in [3.8, 4) is 0 Å². The quantitative estimate of drug-likeness (QED) is 0.852. The minimum Gasteiger partial charge on any atom is -0.378 e. The molecule has 2 unspecified atom stereocenters. The van der Waals surface area contributed by atoms with Gasteiger partial charge in [0, 0.05) is 12.6 Å². The van der Waals surface area contributed by atoms with E-state index in [4.69, 9.17) is 4.74 Å².